The number of fused-ring (bicyclic) bond motifs is 4. The summed E-state index contributed by atoms with van der Waals surface area (Å²) in [6, 6.07) is 17.4. The van der Waals surface area contributed by atoms with Crippen molar-refractivity contribution in [1.82, 2.24) is 0 Å². The van der Waals surface area contributed by atoms with E-state index in [4.69, 9.17) is 4.74 Å². The third kappa shape index (κ3) is 4.11. The summed E-state index contributed by atoms with van der Waals surface area (Å²) in [5.74, 6) is 2.47. The van der Waals surface area contributed by atoms with Gasteiger partial charge >= 0.3 is 0 Å². The summed E-state index contributed by atoms with van der Waals surface area (Å²) < 4.78 is 6.61. The molecule has 0 saturated heterocycles. The van der Waals surface area contributed by atoms with Crippen LogP contribution in [0, 0.1) is 5.92 Å². The summed E-state index contributed by atoms with van der Waals surface area (Å²) in [7, 11) is 0. The highest BCUT2D eigenvalue weighted by molar-refractivity contribution is 5.64. The van der Waals surface area contributed by atoms with Gasteiger partial charge < -0.3 is 14.5 Å². The molecular weight excluding hydrogens is 440 g/mol. The number of hydrogen-bond acceptors (Lipinski definition) is 3. The molecule has 2 heterocycles. The first kappa shape index (κ1) is 24.2. The van der Waals surface area contributed by atoms with Crippen molar-refractivity contribution in [2.45, 2.75) is 128 Å². The van der Waals surface area contributed by atoms with Gasteiger partial charge in [0.15, 0.2) is 0 Å². The van der Waals surface area contributed by atoms with Crippen LogP contribution in [0.25, 0.3) is 0 Å². The second kappa shape index (κ2) is 8.71. The van der Waals surface area contributed by atoms with Crippen LogP contribution in [0.5, 0.6) is 5.75 Å². The van der Waals surface area contributed by atoms with Gasteiger partial charge in [0.1, 0.15) is 11.9 Å². The lowest BCUT2D eigenvalue weighted by Gasteiger charge is -2.53. The first-order valence-corrected chi connectivity index (χ1v) is 14.6. The first-order valence-electron chi connectivity index (χ1n) is 14.6. The molecule has 2 aliphatic carbocycles. The van der Waals surface area contributed by atoms with Crippen molar-refractivity contribution >= 4 is 11.4 Å². The average molecular weight is 487 g/mol. The molecule has 2 aromatic rings. The Morgan fingerprint density at radius 3 is 2.25 bits per heavy atom. The van der Waals surface area contributed by atoms with E-state index in [1.165, 1.54) is 49.9 Å². The highest BCUT2D eigenvalue weighted by atomic mass is 16.5. The molecule has 0 aromatic heterocycles. The summed E-state index contributed by atoms with van der Waals surface area (Å²) >= 11 is 0. The molecule has 4 aliphatic rings. The fourth-order valence-corrected chi connectivity index (χ4v) is 8.10. The van der Waals surface area contributed by atoms with Gasteiger partial charge in [0, 0.05) is 22.8 Å². The quantitative estimate of drug-likeness (QED) is 0.405. The van der Waals surface area contributed by atoms with Gasteiger partial charge in [-0.15, -0.1) is 0 Å². The molecule has 2 aliphatic heterocycles. The molecule has 5 atom stereocenters. The SMILES string of the molecule is CC(C)(C)N1c2cc(C3CCC4Oc5ccccc5N(C(C)(C)C)C4C3)ccc2CC2CCCCC21. The van der Waals surface area contributed by atoms with Crippen molar-refractivity contribution in [2.24, 2.45) is 5.92 Å². The largest absolute Gasteiger partial charge is 0.486 e. The third-order valence-electron chi connectivity index (χ3n) is 9.46. The predicted molar refractivity (Wildman–Crippen MR) is 152 cm³/mol. The molecule has 6 rings (SSSR count). The number of anilines is 2. The fourth-order valence-electron chi connectivity index (χ4n) is 8.10. The van der Waals surface area contributed by atoms with Gasteiger partial charge in [-0.25, -0.2) is 0 Å². The van der Waals surface area contributed by atoms with Gasteiger partial charge in [0.05, 0.1) is 11.7 Å². The molecular formula is C33H46N2O. The van der Waals surface area contributed by atoms with Crippen LogP contribution in [0.3, 0.4) is 0 Å². The van der Waals surface area contributed by atoms with Crippen LogP contribution in [-0.4, -0.2) is 29.3 Å². The van der Waals surface area contributed by atoms with E-state index in [1.54, 1.807) is 11.1 Å². The molecule has 3 nitrogen and oxygen atoms in total. The monoisotopic (exact) mass is 486 g/mol. The summed E-state index contributed by atoms with van der Waals surface area (Å²) in [4.78, 5) is 5.50. The molecule has 0 N–H and O–H groups in total. The molecule has 0 amide bonds. The number of hydrogen-bond donors (Lipinski definition) is 0. The van der Waals surface area contributed by atoms with Crippen molar-refractivity contribution in [3.63, 3.8) is 0 Å². The Labute approximate surface area is 219 Å². The van der Waals surface area contributed by atoms with Crippen LogP contribution >= 0.6 is 0 Å². The Morgan fingerprint density at radius 2 is 1.47 bits per heavy atom. The Bertz CT molecular complexity index is 1110. The first-order chi connectivity index (χ1) is 17.1. The van der Waals surface area contributed by atoms with Crippen molar-refractivity contribution in [3.05, 3.63) is 53.6 Å². The Hall–Kier alpha value is -2.16. The van der Waals surface area contributed by atoms with E-state index >= 15 is 0 Å². The van der Waals surface area contributed by atoms with E-state index in [2.05, 4.69) is 93.8 Å². The van der Waals surface area contributed by atoms with E-state index in [0.29, 0.717) is 18.0 Å². The van der Waals surface area contributed by atoms with Crippen molar-refractivity contribution < 1.29 is 4.74 Å². The Morgan fingerprint density at radius 1 is 0.750 bits per heavy atom. The molecule has 36 heavy (non-hydrogen) atoms. The van der Waals surface area contributed by atoms with E-state index in [-0.39, 0.29) is 17.2 Å². The molecule has 2 saturated carbocycles. The lowest BCUT2D eigenvalue weighted by atomic mass is 9.73. The van der Waals surface area contributed by atoms with Crippen LogP contribution in [-0.2, 0) is 6.42 Å². The molecule has 0 spiro atoms. The smallest absolute Gasteiger partial charge is 0.143 e. The lowest BCUT2D eigenvalue weighted by Crippen LogP contribution is -2.59. The zero-order chi connectivity index (χ0) is 25.2. The maximum Gasteiger partial charge on any atom is 0.143 e. The zero-order valence-electron chi connectivity index (χ0n) is 23.4. The molecule has 5 unspecified atom stereocenters. The minimum atomic E-state index is 0.0551. The van der Waals surface area contributed by atoms with Gasteiger partial charge in [-0.3, -0.25) is 0 Å². The van der Waals surface area contributed by atoms with E-state index in [1.807, 2.05) is 0 Å². The molecule has 3 heteroatoms. The van der Waals surface area contributed by atoms with Gasteiger partial charge in [0.2, 0.25) is 0 Å². The second-order valence-corrected chi connectivity index (χ2v) is 14.0. The molecule has 0 bridgehead atoms. The topological polar surface area (TPSA) is 15.7 Å². The minimum absolute atomic E-state index is 0.0551. The molecule has 2 aromatic carbocycles. The average Bonchev–Trinajstić information content (AvgIpc) is 2.83. The van der Waals surface area contributed by atoms with E-state index < -0.39 is 0 Å². The summed E-state index contributed by atoms with van der Waals surface area (Å²) in [5.41, 5.74) is 6.12. The maximum absolute atomic E-state index is 6.61. The zero-order valence-corrected chi connectivity index (χ0v) is 23.4. The number of benzene rings is 2. The van der Waals surface area contributed by atoms with Crippen molar-refractivity contribution in [1.29, 1.82) is 0 Å². The summed E-state index contributed by atoms with van der Waals surface area (Å²) in [6.45, 7) is 14.3. The highest BCUT2D eigenvalue weighted by Crippen LogP contribution is 2.49. The van der Waals surface area contributed by atoms with E-state index in [9.17, 15) is 0 Å². The third-order valence-corrected chi connectivity index (χ3v) is 9.46. The molecule has 194 valence electrons. The maximum atomic E-state index is 6.61. The van der Waals surface area contributed by atoms with Gasteiger partial charge in [0.25, 0.3) is 0 Å². The minimum Gasteiger partial charge on any atom is -0.486 e. The number of nitrogens with zero attached hydrogens (tertiary/aromatic N) is 2. The predicted octanol–water partition coefficient (Wildman–Crippen LogP) is 8.11. The van der Waals surface area contributed by atoms with E-state index in [0.717, 1.165) is 24.5 Å². The Balaban J connectivity index is 1.34. The van der Waals surface area contributed by atoms with Crippen molar-refractivity contribution in [2.75, 3.05) is 9.80 Å². The molecule has 0 radical (unpaired) electrons. The van der Waals surface area contributed by atoms with Gasteiger partial charge in [-0.2, -0.15) is 0 Å². The lowest BCUT2D eigenvalue weighted by molar-refractivity contribution is 0.0949. The number of ether oxygens (including phenoxy) is 1. The van der Waals surface area contributed by atoms with Crippen LogP contribution in [0.15, 0.2) is 42.5 Å². The normalized spacial score (nSPS) is 30.0. The fraction of sp³-hybridized carbons (Fsp3) is 0.636. The van der Waals surface area contributed by atoms with Crippen LogP contribution < -0.4 is 14.5 Å². The van der Waals surface area contributed by atoms with Crippen LogP contribution in [0.1, 0.15) is 104 Å². The summed E-state index contributed by atoms with van der Waals surface area (Å²) in [5, 5.41) is 0. The van der Waals surface area contributed by atoms with Crippen molar-refractivity contribution in [3.8, 4) is 5.75 Å². The van der Waals surface area contributed by atoms with Gasteiger partial charge in [-0.05, 0) is 121 Å². The second-order valence-electron chi connectivity index (χ2n) is 14.0. The number of rotatable bonds is 1. The van der Waals surface area contributed by atoms with Crippen LogP contribution in [0.4, 0.5) is 11.4 Å². The standard InChI is InChI=1S/C33H46N2O/c1-32(2,3)34-26-12-8-7-11-24(26)19-25-16-15-22(20-28(25)34)23-17-18-31-29(21-23)35(33(4,5)6)27-13-9-10-14-30(27)36-31/h9-10,13-16,20,23-24,26,29,31H,7-8,11-12,17-19,21H2,1-6H3. The highest BCUT2D eigenvalue weighted by Gasteiger charge is 2.45. The van der Waals surface area contributed by atoms with Crippen LogP contribution in [0.2, 0.25) is 0 Å². The summed E-state index contributed by atoms with van der Waals surface area (Å²) in [6.07, 6.45) is 10.6. The van der Waals surface area contributed by atoms with Gasteiger partial charge in [-0.1, -0.05) is 37.1 Å². The number of para-hydroxylation sites is 2. The Kier molecular flexibility index (Phi) is 5.85. The molecule has 2 fully saturated rings.